The minimum atomic E-state index is -1.00. The Morgan fingerprint density at radius 3 is 2.40 bits per heavy atom. The van der Waals surface area contributed by atoms with Crippen LogP contribution in [0, 0.1) is 0 Å². The fourth-order valence-electron chi connectivity index (χ4n) is 6.10. The normalized spacial score (nSPS) is 11.7. The van der Waals surface area contributed by atoms with Crippen LogP contribution in [-0.4, -0.2) is 67.3 Å². The standard InChI is InChI=1S/C37H44N4O6/c1-37(2,3)47-36(45)39(4)20-8-9-21-41-33-27(16-11-17-29(33)30-23-38-40(5)31(30)24-42)28(34(41)35(43)44)18-12-22-46-32-19-10-14-25-13-6-7-15-26(25)32/h6-7,10-11,13-17,19,23,42H,8-9,12,18,20-22,24H2,1-5H3,(H,43,44). The molecule has 0 fully saturated rings. The number of rotatable bonds is 13. The Labute approximate surface area is 275 Å². The molecule has 0 atom stereocenters. The zero-order valence-corrected chi connectivity index (χ0v) is 27.8. The number of aromatic carboxylic acids is 1. The number of aliphatic hydroxyl groups excluding tert-OH is 1. The lowest BCUT2D eigenvalue weighted by atomic mass is 10.00. The Hall–Kier alpha value is -4.83. The smallest absolute Gasteiger partial charge is 0.410 e. The summed E-state index contributed by atoms with van der Waals surface area (Å²) in [6, 6.07) is 19.9. The number of nitrogens with zero attached hydrogens (tertiary/aromatic N) is 4. The molecule has 5 rings (SSSR count). The SMILES string of the molecule is CN(CCCCn1c(C(=O)O)c(CCCOc2cccc3ccccc23)c2cccc(-c3cnn(C)c3CO)c21)C(=O)OC(C)(C)C. The molecule has 0 aliphatic rings. The number of carboxylic acid groups (broad SMARTS) is 1. The molecule has 0 unspecified atom stereocenters. The molecule has 2 aromatic heterocycles. The van der Waals surface area contributed by atoms with Gasteiger partial charge in [-0.25, -0.2) is 9.59 Å². The van der Waals surface area contributed by atoms with Crippen molar-refractivity contribution >= 4 is 33.7 Å². The van der Waals surface area contributed by atoms with Crippen LogP contribution in [-0.2, 0) is 31.4 Å². The van der Waals surface area contributed by atoms with Crippen LogP contribution in [0.2, 0.25) is 0 Å². The fourth-order valence-corrected chi connectivity index (χ4v) is 6.10. The van der Waals surface area contributed by atoms with Crippen LogP contribution in [0.25, 0.3) is 32.8 Å². The summed E-state index contributed by atoms with van der Waals surface area (Å²) in [5.74, 6) is -0.202. The van der Waals surface area contributed by atoms with E-state index < -0.39 is 17.7 Å². The molecule has 3 aromatic carbocycles. The lowest BCUT2D eigenvalue weighted by Gasteiger charge is -2.24. The summed E-state index contributed by atoms with van der Waals surface area (Å²) >= 11 is 0. The summed E-state index contributed by atoms with van der Waals surface area (Å²) in [6.45, 7) is 6.62. The van der Waals surface area contributed by atoms with E-state index in [4.69, 9.17) is 9.47 Å². The van der Waals surface area contributed by atoms with E-state index in [-0.39, 0.29) is 12.3 Å². The van der Waals surface area contributed by atoms with Crippen molar-refractivity contribution in [2.45, 2.75) is 65.2 Å². The number of fused-ring (bicyclic) bond motifs is 2. The number of hydrogen-bond acceptors (Lipinski definition) is 6. The van der Waals surface area contributed by atoms with Crippen molar-refractivity contribution in [1.29, 1.82) is 0 Å². The first kappa shape index (κ1) is 33.5. The molecule has 0 aliphatic carbocycles. The van der Waals surface area contributed by atoms with Gasteiger partial charge in [0.1, 0.15) is 17.0 Å². The van der Waals surface area contributed by atoms with Gasteiger partial charge in [-0.2, -0.15) is 5.10 Å². The molecule has 47 heavy (non-hydrogen) atoms. The molecule has 2 heterocycles. The van der Waals surface area contributed by atoms with Gasteiger partial charge in [-0.3, -0.25) is 4.68 Å². The highest BCUT2D eigenvalue weighted by atomic mass is 16.6. The van der Waals surface area contributed by atoms with Gasteiger partial charge < -0.3 is 29.2 Å². The number of aromatic nitrogens is 3. The number of ether oxygens (including phenoxy) is 2. The minimum Gasteiger partial charge on any atom is -0.493 e. The van der Waals surface area contributed by atoms with Crippen molar-refractivity contribution in [3.8, 4) is 16.9 Å². The van der Waals surface area contributed by atoms with Crippen LogP contribution in [0.1, 0.15) is 61.8 Å². The topological polar surface area (TPSA) is 119 Å². The third-order valence-electron chi connectivity index (χ3n) is 8.30. The largest absolute Gasteiger partial charge is 0.493 e. The van der Waals surface area contributed by atoms with Crippen molar-refractivity contribution in [3.05, 3.63) is 83.8 Å². The van der Waals surface area contributed by atoms with E-state index in [0.717, 1.165) is 44.1 Å². The predicted octanol–water partition coefficient (Wildman–Crippen LogP) is 7.04. The molecular weight excluding hydrogens is 596 g/mol. The van der Waals surface area contributed by atoms with E-state index in [1.54, 1.807) is 29.9 Å². The van der Waals surface area contributed by atoms with E-state index in [1.165, 1.54) is 0 Å². The molecule has 248 valence electrons. The number of hydrogen-bond donors (Lipinski definition) is 2. The van der Waals surface area contributed by atoms with Gasteiger partial charge in [-0.15, -0.1) is 0 Å². The second kappa shape index (κ2) is 14.3. The molecule has 0 radical (unpaired) electrons. The number of carbonyl (C=O) groups excluding carboxylic acids is 1. The number of aliphatic hydroxyl groups is 1. The predicted molar refractivity (Wildman–Crippen MR) is 183 cm³/mol. The first-order valence-corrected chi connectivity index (χ1v) is 16.0. The van der Waals surface area contributed by atoms with Gasteiger partial charge in [0.05, 0.1) is 30.6 Å². The molecule has 1 amide bonds. The Balaban J connectivity index is 1.44. The molecule has 0 bridgehead atoms. The number of unbranched alkanes of at least 4 members (excludes halogenated alkanes) is 1. The second-order valence-electron chi connectivity index (χ2n) is 12.8. The van der Waals surface area contributed by atoms with E-state index >= 15 is 0 Å². The van der Waals surface area contributed by atoms with Gasteiger partial charge in [0.15, 0.2) is 0 Å². The third kappa shape index (κ3) is 7.44. The summed E-state index contributed by atoms with van der Waals surface area (Å²) in [5, 5.41) is 28.1. The maximum absolute atomic E-state index is 13.0. The average molecular weight is 641 g/mol. The van der Waals surface area contributed by atoms with E-state index in [0.29, 0.717) is 51.1 Å². The quantitative estimate of drug-likeness (QED) is 0.133. The van der Waals surface area contributed by atoms with Gasteiger partial charge in [0.25, 0.3) is 0 Å². The monoisotopic (exact) mass is 640 g/mol. The highest BCUT2D eigenvalue weighted by Crippen LogP contribution is 2.37. The van der Waals surface area contributed by atoms with Gasteiger partial charge in [-0.05, 0) is 63.5 Å². The third-order valence-corrected chi connectivity index (χ3v) is 8.30. The van der Waals surface area contributed by atoms with Crippen LogP contribution in [0.4, 0.5) is 4.79 Å². The molecule has 0 spiro atoms. The molecule has 0 saturated carbocycles. The number of para-hydroxylation sites is 1. The molecule has 10 heteroatoms. The number of benzene rings is 3. The van der Waals surface area contributed by atoms with Gasteiger partial charge in [-0.1, -0.05) is 54.6 Å². The number of aryl methyl sites for hydroxylation is 3. The summed E-state index contributed by atoms with van der Waals surface area (Å²) in [6.07, 6.45) is 3.72. The molecule has 2 N–H and O–H groups in total. The summed E-state index contributed by atoms with van der Waals surface area (Å²) < 4.78 is 15.2. The first-order chi connectivity index (χ1) is 22.5. The fraction of sp³-hybridized carbons (Fsp3) is 0.378. The summed E-state index contributed by atoms with van der Waals surface area (Å²) in [5.41, 5.74) is 3.41. The van der Waals surface area contributed by atoms with Crippen LogP contribution in [0.3, 0.4) is 0 Å². The van der Waals surface area contributed by atoms with Gasteiger partial charge >= 0.3 is 12.1 Å². The first-order valence-electron chi connectivity index (χ1n) is 16.0. The lowest BCUT2D eigenvalue weighted by molar-refractivity contribution is 0.0296. The van der Waals surface area contributed by atoms with Crippen LogP contribution < -0.4 is 4.74 Å². The van der Waals surface area contributed by atoms with Crippen molar-refractivity contribution in [3.63, 3.8) is 0 Å². The number of amides is 1. The van der Waals surface area contributed by atoms with Crippen LogP contribution in [0.5, 0.6) is 5.75 Å². The van der Waals surface area contributed by atoms with Crippen LogP contribution >= 0.6 is 0 Å². The van der Waals surface area contributed by atoms with E-state index in [2.05, 4.69) is 5.10 Å². The van der Waals surface area contributed by atoms with E-state index in [9.17, 15) is 19.8 Å². The number of carboxylic acids is 1. The second-order valence-corrected chi connectivity index (χ2v) is 12.8. The van der Waals surface area contributed by atoms with Crippen molar-refractivity contribution in [2.24, 2.45) is 7.05 Å². The Bertz CT molecular complexity index is 1880. The van der Waals surface area contributed by atoms with Gasteiger partial charge in [0.2, 0.25) is 0 Å². The number of carbonyl (C=O) groups is 2. The molecule has 0 saturated heterocycles. The Morgan fingerprint density at radius 2 is 1.66 bits per heavy atom. The Morgan fingerprint density at radius 1 is 0.936 bits per heavy atom. The maximum atomic E-state index is 13.0. The maximum Gasteiger partial charge on any atom is 0.410 e. The van der Waals surface area contributed by atoms with Crippen molar-refractivity contribution in [2.75, 3.05) is 20.2 Å². The molecular formula is C37H44N4O6. The van der Waals surface area contributed by atoms with Crippen molar-refractivity contribution < 1.29 is 29.3 Å². The molecule has 0 aliphatic heterocycles. The van der Waals surface area contributed by atoms with Crippen LogP contribution in [0.15, 0.2) is 66.9 Å². The molecule has 5 aromatic rings. The zero-order chi connectivity index (χ0) is 33.7. The molecule has 10 nitrogen and oxygen atoms in total. The highest BCUT2D eigenvalue weighted by molar-refractivity contribution is 6.04. The lowest BCUT2D eigenvalue weighted by Crippen LogP contribution is -2.34. The zero-order valence-electron chi connectivity index (χ0n) is 27.8. The van der Waals surface area contributed by atoms with Gasteiger partial charge in [0, 0.05) is 49.1 Å². The van der Waals surface area contributed by atoms with Crippen molar-refractivity contribution in [1.82, 2.24) is 19.2 Å². The minimum absolute atomic E-state index is 0.204. The average Bonchev–Trinajstić information content (AvgIpc) is 3.57. The van der Waals surface area contributed by atoms with E-state index in [1.807, 2.05) is 86.0 Å². The summed E-state index contributed by atoms with van der Waals surface area (Å²) in [4.78, 5) is 27.0. The highest BCUT2D eigenvalue weighted by Gasteiger charge is 2.26. The Kier molecular flexibility index (Phi) is 10.2. The summed E-state index contributed by atoms with van der Waals surface area (Å²) in [7, 11) is 3.48.